The van der Waals surface area contributed by atoms with Crippen LogP contribution in [-0.2, 0) is 16.0 Å². The number of hydrogen-bond acceptors (Lipinski definition) is 9. The number of Topliss-reactive ketones (excluding diaryl/α,β-unsaturated/α-hetero) is 2. The average molecular weight is 617 g/mol. The Bertz CT molecular complexity index is 1670. The molecule has 2 aromatic heterocycles. The molecule has 2 aromatic carbocycles. The Morgan fingerprint density at radius 3 is 2.21 bits per heavy atom. The molecule has 0 aliphatic carbocycles. The maximum atomic E-state index is 15.5. The molecular formula is C30H29FO9S2. The van der Waals surface area contributed by atoms with E-state index >= 15 is 4.39 Å². The zero-order valence-electron chi connectivity index (χ0n) is 23.2. The Hall–Kier alpha value is -4.03. The number of aliphatic carboxylic acids is 2. The van der Waals surface area contributed by atoms with Crippen LogP contribution in [0, 0.1) is 11.7 Å². The normalized spacial score (nSPS) is 11.9. The molecule has 0 aliphatic heterocycles. The first-order chi connectivity index (χ1) is 20.0. The maximum absolute atomic E-state index is 15.5. The number of benzene rings is 2. The van der Waals surface area contributed by atoms with Crippen LogP contribution in [0.4, 0.5) is 4.39 Å². The average Bonchev–Trinajstić information content (AvgIpc) is 3.58. The number of carboxylic acid groups (broad SMARTS) is 2. The highest BCUT2D eigenvalue weighted by atomic mass is 32.1. The van der Waals surface area contributed by atoms with Gasteiger partial charge in [0.2, 0.25) is 0 Å². The molecule has 222 valence electrons. The van der Waals surface area contributed by atoms with Crippen molar-refractivity contribution >= 4 is 66.4 Å². The van der Waals surface area contributed by atoms with Crippen molar-refractivity contribution in [3.63, 3.8) is 0 Å². The lowest BCUT2D eigenvalue weighted by atomic mass is 10.0. The standard InChI is InChI=1S/C30H29FO9S2/c1-15(30(36)37)9-20(33)26-12-18-24(42-26)14-22(39-3)29(28(18)31)40-8-4-5-16-10-17-11-25(19(32)6-7-27(34)35)41-23(17)13-21(16)38-2/h10-15H,4-9H2,1-3H3,(H,34,35)(H,36,37)/t15-/m0/s1. The molecule has 1 atom stereocenters. The van der Waals surface area contributed by atoms with Gasteiger partial charge in [0.05, 0.1) is 42.9 Å². The fourth-order valence-corrected chi connectivity index (χ4v) is 6.48. The molecule has 0 fully saturated rings. The molecule has 0 saturated carbocycles. The summed E-state index contributed by atoms with van der Waals surface area (Å²) in [4.78, 5) is 47.6. The molecule has 4 rings (SSSR count). The van der Waals surface area contributed by atoms with E-state index in [1.54, 1.807) is 19.2 Å². The van der Waals surface area contributed by atoms with Crippen LogP contribution >= 0.6 is 22.7 Å². The van der Waals surface area contributed by atoms with E-state index in [0.717, 1.165) is 27.0 Å². The predicted octanol–water partition coefficient (Wildman–Crippen LogP) is 6.62. The van der Waals surface area contributed by atoms with Gasteiger partial charge in [-0.05, 0) is 48.1 Å². The summed E-state index contributed by atoms with van der Waals surface area (Å²) in [6, 6.07) is 8.52. The lowest BCUT2D eigenvalue weighted by Gasteiger charge is -2.13. The third-order valence-corrected chi connectivity index (χ3v) is 8.95. The molecule has 0 spiro atoms. The van der Waals surface area contributed by atoms with Crippen LogP contribution in [0.15, 0.2) is 30.3 Å². The molecule has 2 heterocycles. The van der Waals surface area contributed by atoms with Crippen LogP contribution < -0.4 is 14.2 Å². The number of carbonyl (C=O) groups excluding carboxylic acids is 2. The predicted molar refractivity (Wildman–Crippen MR) is 157 cm³/mol. The summed E-state index contributed by atoms with van der Waals surface area (Å²) in [5, 5.41) is 19.0. The van der Waals surface area contributed by atoms with Gasteiger partial charge in [0.25, 0.3) is 0 Å². The van der Waals surface area contributed by atoms with Crippen molar-refractivity contribution in [2.24, 2.45) is 5.92 Å². The van der Waals surface area contributed by atoms with Crippen molar-refractivity contribution in [1.82, 2.24) is 0 Å². The number of thiophene rings is 2. The number of aryl methyl sites for hydroxylation is 1. The number of carbonyl (C=O) groups is 4. The number of carboxylic acids is 2. The molecular weight excluding hydrogens is 587 g/mol. The largest absolute Gasteiger partial charge is 0.496 e. The summed E-state index contributed by atoms with van der Waals surface area (Å²) in [6.07, 6.45) is 0.549. The van der Waals surface area contributed by atoms with Crippen LogP contribution in [0.1, 0.15) is 57.5 Å². The molecule has 9 nitrogen and oxygen atoms in total. The van der Waals surface area contributed by atoms with E-state index in [1.807, 2.05) is 12.1 Å². The minimum atomic E-state index is -1.08. The third-order valence-electron chi connectivity index (χ3n) is 6.69. The Morgan fingerprint density at radius 2 is 1.55 bits per heavy atom. The van der Waals surface area contributed by atoms with Gasteiger partial charge in [0, 0.05) is 33.7 Å². The van der Waals surface area contributed by atoms with E-state index in [9.17, 15) is 19.2 Å². The Kier molecular flexibility index (Phi) is 9.79. The van der Waals surface area contributed by atoms with Gasteiger partial charge >= 0.3 is 11.9 Å². The molecule has 0 bridgehead atoms. The molecule has 12 heteroatoms. The topological polar surface area (TPSA) is 136 Å². The quantitative estimate of drug-likeness (QED) is 0.111. The number of methoxy groups -OCH3 is 2. The summed E-state index contributed by atoms with van der Waals surface area (Å²) in [5.41, 5.74) is 0.871. The molecule has 42 heavy (non-hydrogen) atoms. The molecule has 0 amide bonds. The summed E-state index contributed by atoms with van der Waals surface area (Å²) in [6.45, 7) is 1.59. The summed E-state index contributed by atoms with van der Waals surface area (Å²) in [5.74, 6) is -3.48. The van der Waals surface area contributed by atoms with Gasteiger partial charge < -0.3 is 24.4 Å². The number of rotatable bonds is 15. The number of halogens is 1. The van der Waals surface area contributed by atoms with Crippen LogP contribution in [0.5, 0.6) is 17.2 Å². The van der Waals surface area contributed by atoms with Gasteiger partial charge in [-0.3, -0.25) is 19.2 Å². The highest BCUT2D eigenvalue weighted by Gasteiger charge is 2.23. The highest BCUT2D eigenvalue weighted by molar-refractivity contribution is 7.21. The van der Waals surface area contributed by atoms with Crippen molar-refractivity contribution in [3.8, 4) is 17.2 Å². The van der Waals surface area contributed by atoms with E-state index in [2.05, 4.69) is 0 Å². The fraction of sp³-hybridized carbons (Fsp3) is 0.333. The summed E-state index contributed by atoms with van der Waals surface area (Å²) in [7, 11) is 2.94. The first-order valence-electron chi connectivity index (χ1n) is 13.1. The minimum Gasteiger partial charge on any atom is -0.496 e. The zero-order valence-corrected chi connectivity index (χ0v) is 24.8. The van der Waals surface area contributed by atoms with E-state index in [0.29, 0.717) is 28.2 Å². The van der Waals surface area contributed by atoms with Crippen LogP contribution in [0.2, 0.25) is 0 Å². The van der Waals surface area contributed by atoms with Crippen LogP contribution in [0.3, 0.4) is 0 Å². The van der Waals surface area contributed by atoms with Crippen molar-refractivity contribution in [1.29, 1.82) is 0 Å². The Labute approximate surface area is 248 Å². The second-order valence-corrected chi connectivity index (χ2v) is 11.9. The molecule has 4 aromatic rings. The first-order valence-corrected chi connectivity index (χ1v) is 14.7. The zero-order chi connectivity index (χ0) is 30.6. The van der Waals surface area contributed by atoms with E-state index in [4.69, 9.17) is 24.4 Å². The van der Waals surface area contributed by atoms with Gasteiger partial charge in [0.15, 0.2) is 28.9 Å². The number of ketones is 2. The van der Waals surface area contributed by atoms with Crippen LogP contribution in [0.25, 0.3) is 20.2 Å². The molecule has 0 unspecified atom stereocenters. The second-order valence-electron chi connectivity index (χ2n) is 9.69. The maximum Gasteiger partial charge on any atom is 0.306 e. The van der Waals surface area contributed by atoms with Crippen molar-refractivity contribution in [2.75, 3.05) is 20.8 Å². The monoisotopic (exact) mass is 616 g/mol. The van der Waals surface area contributed by atoms with E-state index in [-0.39, 0.29) is 59.2 Å². The molecule has 0 radical (unpaired) electrons. The lowest BCUT2D eigenvalue weighted by molar-refractivity contribution is -0.141. The van der Waals surface area contributed by atoms with Crippen molar-refractivity contribution < 1.29 is 48.0 Å². The molecule has 0 saturated heterocycles. The fourth-order valence-electron chi connectivity index (χ4n) is 4.41. The highest BCUT2D eigenvalue weighted by Crippen LogP contribution is 2.40. The smallest absolute Gasteiger partial charge is 0.306 e. The van der Waals surface area contributed by atoms with Crippen LogP contribution in [-0.4, -0.2) is 54.5 Å². The van der Waals surface area contributed by atoms with Crippen molar-refractivity contribution in [2.45, 2.75) is 39.0 Å². The Morgan fingerprint density at radius 1 is 0.881 bits per heavy atom. The summed E-state index contributed by atoms with van der Waals surface area (Å²) < 4.78 is 33.5. The van der Waals surface area contributed by atoms with Gasteiger partial charge in [-0.15, -0.1) is 22.7 Å². The third kappa shape index (κ3) is 6.88. The van der Waals surface area contributed by atoms with Gasteiger partial charge in [-0.2, -0.15) is 0 Å². The second kappa shape index (κ2) is 13.3. The van der Waals surface area contributed by atoms with Gasteiger partial charge in [-0.25, -0.2) is 4.39 Å². The van der Waals surface area contributed by atoms with Crippen molar-refractivity contribution in [3.05, 3.63) is 51.5 Å². The molecule has 2 N–H and O–H groups in total. The number of fused-ring (bicyclic) bond motifs is 2. The molecule has 0 aliphatic rings. The van der Waals surface area contributed by atoms with E-state index in [1.165, 1.54) is 31.4 Å². The number of hydrogen-bond donors (Lipinski definition) is 2. The number of ether oxygens (including phenoxy) is 3. The lowest BCUT2D eigenvalue weighted by Crippen LogP contribution is -2.13. The summed E-state index contributed by atoms with van der Waals surface area (Å²) >= 11 is 2.36. The minimum absolute atomic E-state index is 0.0672. The van der Waals surface area contributed by atoms with Gasteiger partial charge in [-0.1, -0.05) is 6.92 Å². The van der Waals surface area contributed by atoms with Gasteiger partial charge in [0.1, 0.15) is 5.75 Å². The van der Waals surface area contributed by atoms with E-state index < -0.39 is 23.7 Å². The SMILES string of the molecule is COc1cc2sc(C(=O)CCC(=O)O)cc2cc1CCCOc1c(OC)cc2sc(C(=O)C[C@H](C)C(=O)O)cc2c1F. The Balaban J connectivity index is 1.47. The first kappa shape index (κ1) is 30.9.